The number of para-hydroxylation sites is 1. The minimum absolute atomic E-state index is 0.181. The van der Waals surface area contributed by atoms with Gasteiger partial charge in [0.25, 0.3) is 0 Å². The van der Waals surface area contributed by atoms with E-state index in [1.54, 1.807) is 22.6 Å². The van der Waals surface area contributed by atoms with Crippen molar-refractivity contribution in [2.24, 2.45) is 0 Å². The zero-order valence-electron chi connectivity index (χ0n) is 9.34. The van der Waals surface area contributed by atoms with E-state index < -0.39 is 0 Å². The number of aromatic hydroxyl groups is 1. The molecule has 0 saturated carbocycles. The van der Waals surface area contributed by atoms with Crippen LogP contribution in [0.25, 0.3) is 16.9 Å². The maximum atomic E-state index is 9.91. The number of aromatic nitrogens is 2. The molecule has 0 saturated heterocycles. The second-order valence-electron chi connectivity index (χ2n) is 3.91. The molecule has 18 heavy (non-hydrogen) atoms. The van der Waals surface area contributed by atoms with E-state index in [4.69, 9.17) is 5.73 Å². The van der Waals surface area contributed by atoms with E-state index in [1.807, 2.05) is 24.3 Å². The first-order valence-corrected chi connectivity index (χ1v) is 6.18. The maximum absolute atomic E-state index is 9.91. The lowest BCUT2D eigenvalue weighted by atomic mass is 10.2. The summed E-state index contributed by atoms with van der Waals surface area (Å²) in [5.41, 5.74) is 7.50. The van der Waals surface area contributed by atoms with E-state index in [0.29, 0.717) is 21.8 Å². The molecular formula is C13H10BrN3O. The third-order valence-corrected chi connectivity index (χ3v) is 3.38. The number of nitrogens with two attached hydrogens (primary N) is 1. The Labute approximate surface area is 112 Å². The highest BCUT2D eigenvalue weighted by molar-refractivity contribution is 9.10. The van der Waals surface area contributed by atoms with Crippen LogP contribution in [0.4, 0.5) is 5.82 Å². The Morgan fingerprint density at radius 1 is 1.11 bits per heavy atom. The molecule has 0 aliphatic carbocycles. The number of hydrogen-bond donors (Lipinski definition) is 2. The molecule has 0 amide bonds. The fourth-order valence-electron chi connectivity index (χ4n) is 1.97. The number of rotatable bonds is 1. The Bertz CT molecular complexity index is 736. The lowest BCUT2D eigenvalue weighted by Crippen LogP contribution is -1.98. The SMILES string of the molecule is Nc1cccc2c(Br)nc(-c3ccccc3O)n12. The number of halogens is 1. The molecule has 90 valence electrons. The van der Waals surface area contributed by atoms with E-state index in [2.05, 4.69) is 20.9 Å². The van der Waals surface area contributed by atoms with Gasteiger partial charge in [0.1, 0.15) is 16.2 Å². The summed E-state index contributed by atoms with van der Waals surface area (Å²) < 4.78 is 2.51. The average molecular weight is 304 g/mol. The number of nitrogen functional groups attached to an aromatic ring is 1. The van der Waals surface area contributed by atoms with Crippen molar-refractivity contribution in [2.75, 3.05) is 5.73 Å². The molecule has 5 heteroatoms. The highest BCUT2D eigenvalue weighted by atomic mass is 79.9. The van der Waals surface area contributed by atoms with Gasteiger partial charge in [-0.1, -0.05) is 18.2 Å². The van der Waals surface area contributed by atoms with Gasteiger partial charge in [0.15, 0.2) is 5.82 Å². The Kier molecular flexibility index (Phi) is 2.48. The summed E-state index contributed by atoms with van der Waals surface area (Å²) in [6.07, 6.45) is 0. The van der Waals surface area contributed by atoms with Crippen LogP contribution >= 0.6 is 15.9 Å². The highest BCUT2D eigenvalue weighted by Crippen LogP contribution is 2.32. The molecule has 0 radical (unpaired) electrons. The molecule has 2 heterocycles. The second-order valence-corrected chi connectivity index (χ2v) is 4.67. The van der Waals surface area contributed by atoms with Crippen molar-refractivity contribution in [3.63, 3.8) is 0 Å². The van der Waals surface area contributed by atoms with Crippen LogP contribution in [0.2, 0.25) is 0 Å². The number of benzene rings is 1. The average Bonchev–Trinajstić information content (AvgIpc) is 2.69. The van der Waals surface area contributed by atoms with E-state index in [1.165, 1.54) is 0 Å². The van der Waals surface area contributed by atoms with Crippen molar-refractivity contribution < 1.29 is 5.11 Å². The number of phenols is 1. The Hall–Kier alpha value is -2.01. The minimum Gasteiger partial charge on any atom is -0.507 e. The molecule has 3 aromatic rings. The van der Waals surface area contributed by atoms with Crippen molar-refractivity contribution >= 4 is 27.3 Å². The number of pyridine rings is 1. The Morgan fingerprint density at radius 3 is 2.67 bits per heavy atom. The van der Waals surface area contributed by atoms with Crippen LogP contribution in [0.3, 0.4) is 0 Å². The molecule has 0 spiro atoms. The van der Waals surface area contributed by atoms with Gasteiger partial charge in [0.2, 0.25) is 0 Å². The van der Waals surface area contributed by atoms with Crippen LogP contribution in [0.5, 0.6) is 5.75 Å². The summed E-state index contributed by atoms with van der Waals surface area (Å²) in [6.45, 7) is 0. The van der Waals surface area contributed by atoms with E-state index in [-0.39, 0.29) is 5.75 Å². The number of nitrogens with zero attached hydrogens (tertiary/aromatic N) is 2. The number of phenolic OH excluding ortho intramolecular Hbond substituents is 1. The Morgan fingerprint density at radius 2 is 1.89 bits per heavy atom. The van der Waals surface area contributed by atoms with E-state index in [0.717, 1.165) is 5.52 Å². The third-order valence-electron chi connectivity index (χ3n) is 2.79. The maximum Gasteiger partial charge on any atom is 0.151 e. The number of imidazole rings is 1. The third kappa shape index (κ3) is 1.55. The smallest absolute Gasteiger partial charge is 0.151 e. The van der Waals surface area contributed by atoms with Gasteiger partial charge in [-0.2, -0.15) is 0 Å². The fraction of sp³-hybridized carbons (Fsp3) is 0. The molecule has 0 atom stereocenters. The van der Waals surface area contributed by atoms with Crippen LogP contribution in [0, 0.1) is 0 Å². The van der Waals surface area contributed by atoms with Gasteiger partial charge in [-0.15, -0.1) is 0 Å². The molecular weight excluding hydrogens is 294 g/mol. The lowest BCUT2D eigenvalue weighted by Gasteiger charge is -2.06. The molecule has 0 aliphatic rings. The predicted molar refractivity (Wildman–Crippen MR) is 74.4 cm³/mol. The quantitative estimate of drug-likeness (QED) is 0.726. The van der Waals surface area contributed by atoms with Gasteiger partial charge in [0.05, 0.1) is 11.1 Å². The van der Waals surface area contributed by atoms with Gasteiger partial charge >= 0.3 is 0 Å². The van der Waals surface area contributed by atoms with Crippen LogP contribution in [-0.4, -0.2) is 14.5 Å². The molecule has 3 rings (SSSR count). The van der Waals surface area contributed by atoms with Crippen LogP contribution in [0.15, 0.2) is 47.1 Å². The number of fused-ring (bicyclic) bond motifs is 1. The second kappa shape index (κ2) is 4.03. The van der Waals surface area contributed by atoms with Gasteiger partial charge in [-0.05, 0) is 40.2 Å². The van der Waals surface area contributed by atoms with Crippen LogP contribution in [-0.2, 0) is 0 Å². The molecule has 0 fully saturated rings. The number of hydrogen-bond acceptors (Lipinski definition) is 3. The normalized spacial score (nSPS) is 10.9. The largest absolute Gasteiger partial charge is 0.507 e. The summed E-state index contributed by atoms with van der Waals surface area (Å²) >= 11 is 3.40. The Balaban J connectivity index is 2.41. The zero-order valence-corrected chi connectivity index (χ0v) is 10.9. The molecule has 2 aromatic heterocycles. The van der Waals surface area contributed by atoms with Gasteiger partial charge in [0, 0.05) is 0 Å². The van der Waals surface area contributed by atoms with Gasteiger partial charge in [-0.3, -0.25) is 4.40 Å². The number of anilines is 1. The minimum atomic E-state index is 0.181. The topological polar surface area (TPSA) is 63.5 Å². The van der Waals surface area contributed by atoms with Gasteiger partial charge < -0.3 is 10.8 Å². The summed E-state index contributed by atoms with van der Waals surface area (Å²) in [7, 11) is 0. The van der Waals surface area contributed by atoms with Crippen molar-refractivity contribution in [1.82, 2.24) is 9.38 Å². The van der Waals surface area contributed by atoms with Crippen LogP contribution < -0.4 is 5.73 Å². The van der Waals surface area contributed by atoms with Crippen molar-refractivity contribution in [3.8, 4) is 17.1 Å². The van der Waals surface area contributed by atoms with E-state index in [9.17, 15) is 5.11 Å². The van der Waals surface area contributed by atoms with Crippen molar-refractivity contribution in [3.05, 3.63) is 47.1 Å². The summed E-state index contributed by atoms with van der Waals surface area (Å²) in [5.74, 6) is 1.37. The predicted octanol–water partition coefficient (Wildman–Crippen LogP) is 3.05. The molecule has 0 bridgehead atoms. The van der Waals surface area contributed by atoms with Crippen LogP contribution in [0.1, 0.15) is 0 Å². The first-order chi connectivity index (χ1) is 8.68. The monoisotopic (exact) mass is 303 g/mol. The molecule has 1 aromatic carbocycles. The van der Waals surface area contributed by atoms with Gasteiger partial charge in [-0.25, -0.2) is 4.98 Å². The standard InChI is InChI=1S/C13H10BrN3O/c14-12-9-5-3-7-11(15)17(9)13(16-12)8-4-1-2-6-10(8)18/h1-7,18H,15H2. The van der Waals surface area contributed by atoms with Crippen molar-refractivity contribution in [1.29, 1.82) is 0 Å². The van der Waals surface area contributed by atoms with E-state index >= 15 is 0 Å². The summed E-state index contributed by atoms with van der Waals surface area (Å²) in [4.78, 5) is 4.42. The molecule has 4 nitrogen and oxygen atoms in total. The first kappa shape index (κ1) is 11.1. The fourth-order valence-corrected chi connectivity index (χ4v) is 2.44. The molecule has 3 N–H and O–H groups in total. The highest BCUT2D eigenvalue weighted by Gasteiger charge is 2.14. The molecule has 0 aliphatic heterocycles. The lowest BCUT2D eigenvalue weighted by molar-refractivity contribution is 0.477. The zero-order chi connectivity index (χ0) is 12.7. The molecule has 0 unspecified atom stereocenters. The first-order valence-electron chi connectivity index (χ1n) is 5.39. The summed E-state index contributed by atoms with van der Waals surface area (Å²) in [5, 5.41) is 9.91. The van der Waals surface area contributed by atoms with Crippen molar-refractivity contribution in [2.45, 2.75) is 0 Å². The summed E-state index contributed by atoms with van der Waals surface area (Å²) in [6, 6.07) is 12.6.